The molecule has 244 valence electrons. The van der Waals surface area contributed by atoms with Gasteiger partial charge in [-0.2, -0.15) is 0 Å². The average molecular weight is 671 g/mol. The van der Waals surface area contributed by atoms with E-state index in [1.165, 1.54) is 30.0 Å². The predicted molar refractivity (Wildman–Crippen MR) is 191 cm³/mol. The van der Waals surface area contributed by atoms with Gasteiger partial charge in [-0.1, -0.05) is 61.5 Å². The van der Waals surface area contributed by atoms with E-state index in [2.05, 4.69) is 20.9 Å². The summed E-state index contributed by atoms with van der Waals surface area (Å²) in [5.41, 5.74) is 3.70. The van der Waals surface area contributed by atoms with E-state index in [4.69, 9.17) is 4.42 Å². The molecule has 3 N–H and O–H groups in total. The van der Waals surface area contributed by atoms with Crippen LogP contribution in [0.2, 0.25) is 0 Å². The lowest BCUT2D eigenvalue weighted by atomic mass is 10.1. The Morgan fingerprint density at radius 1 is 0.816 bits per heavy atom. The van der Waals surface area contributed by atoms with E-state index in [0.29, 0.717) is 34.8 Å². The van der Waals surface area contributed by atoms with E-state index in [1.807, 2.05) is 49.4 Å². The number of benzene rings is 5. The highest BCUT2D eigenvalue weighted by Crippen LogP contribution is 2.30. The van der Waals surface area contributed by atoms with Crippen LogP contribution in [0, 0.1) is 5.82 Å². The van der Waals surface area contributed by atoms with Crippen LogP contribution in [0.4, 0.5) is 15.8 Å². The number of thioether (sulfide) groups is 1. The normalized spacial score (nSPS) is 11.9. The topological polar surface area (TPSA) is 113 Å². The third-order valence-electron chi connectivity index (χ3n) is 7.46. The van der Waals surface area contributed by atoms with Crippen molar-refractivity contribution in [2.75, 3.05) is 10.6 Å². The zero-order chi connectivity index (χ0) is 34.2. The van der Waals surface area contributed by atoms with Crippen LogP contribution in [-0.2, 0) is 9.59 Å². The van der Waals surface area contributed by atoms with Gasteiger partial charge in [-0.15, -0.1) is 11.8 Å². The molecule has 6 rings (SSSR count). The van der Waals surface area contributed by atoms with Crippen LogP contribution in [0.5, 0.6) is 0 Å². The minimum absolute atomic E-state index is 0.134. The number of hydrogen-bond donors (Lipinski definition) is 3. The van der Waals surface area contributed by atoms with Crippen LogP contribution in [0.25, 0.3) is 28.6 Å². The van der Waals surface area contributed by atoms with Gasteiger partial charge < -0.3 is 20.4 Å². The lowest BCUT2D eigenvalue weighted by Gasteiger charge is -2.16. The molecule has 8 nitrogen and oxygen atoms in total. The summed E-state index contributed by atoms with van der Waals surface area (Å²) >= 11 is 1.36. The Hall–Kier alpha value is -6.00. The Morgan fingerprint density at radius 2 is 1.55 bits per heavy atom. The fourth-order valence-corrected chi connectivity index (χ4v) is 5.95. The summed E-state index contributed by atoms with van der Waals surface area (Å²) in [6, 6.07) is 36.3. The number of nitrogens with one attached hydrogen (secondary N) is 3. The number of oxazole rings is 1. The SMILES string of the molecule is CCC(Sc1cccc(NC(=O)/C(=C/c2ccccc2F)NC(=O)c2ccccc2)c1)C(=O)Nc1ccc(-c2nc3ccccc3o2)cc1. The number of carbonyl (C=O) groups excluding carboxylic acids is 3. The van der Waals surface area contributed by atoms with E-state index in [-0.39, 0.29) is 17.2 Å². The summed E-state index contributed by atoms with van der Waals surface area (Å²) in [5, 5.41) is 7.97. The number of halogens is 1. The molecule has 1 atom stereocenters. The maximum absolute atomic E-state index is 14.5. The molecular weight excluding hydrogens is 640 g/mol. The summed E-state index contributed by atoms with van der Waals surface area (Å²) in [4.78, 5) is 44.9. The second-order valence-electron chi connectivity index (χ2n) is 10.9. The van der Waals surface area contributed by atoms with Crippen molar-refractivity contribution in [2.24, 2.45) is 0 Å². The molecule has 1 aromatic heterocycles. The number of rotatable bonds is 11. The molecule has 0 radical (unpaired) electrons. The second kappa shape index (κ2) is 15.3. The monoisotopic (exact) mass is 670 g/mol. The predicted octanol–water partition coefficient (Wildman–Crippen LogP) is 8.55. The first-order chi connectivity index (χ1) is 23.9. The highest BCUT2D eigenvalue weighted by Gasteiger charge is 2.20. The standard InChI is InChI=1S/C39H31FN4O4S/c1-2-35(38(47)41-28-21-19-26(20-22-28)39-44-32-17-8-9-18-34(32)48-39)49-30-15-10-14-29(24-30)42-37(46)33(23-27-13-6-7-16-31(27)40)43-36(45)25-11-4-3-5-12-25/h3-24,35H,2H2,1H3,(H,41,47)(H,42,46)(H,43,45)/b33-23-. The van der Waals surface area contributed by atoms with E-state index in [0.717, 1.165) is 16.0 Å². The molecular formula is C39H31FN4O4S. The van der Waals surface area contributed by atoms with Gasteiger partial charge in [-0.05, 0) is 85.3 Å². The number of nitrogens with zero attached hydrogens (tertiary/aromatic N) is 1. The van der Waals surface area contributed by atoms with E-state index in [1.54, 1.807) is 72.8 Å². The molecule has 0 saturated heterocycles. The molecule has 10 heteroatoms. The van der Waals surface area contributed by atoms with Gasteiger partial charge in [0.05, 0.1) is 5.25 Å². The second-order valence-corrected chi connectivity index (χ2v) is 12.2. The minimum Gasteiger partial charge on any atom is -0.436 e. The molecule has 0 fully saturated rings. The molecule has 0 bridgehead atoms. The van der Waals surface area contributed by atoms with Crippen LogP contribution in [0.3, 0.4) is 0 Å². The molecule has 3 amide bonds. The minimum atomic E-state index is -0.638. The number of fused-ring (bicyclic) bond motifs is 1. The third kappa shape index (κ3) is 8.30. The molecule has 0 aliphatic carbocycles. The van der Waals surface area contributed by atoms with Crippen molar-refractivity contribution in [1.82, 2.24) is 10.3 Å². The van der Waals surface area contributed by atoms with E-state index >= 15 is 0 Å². The van der Waals surface area contributed by atoms with Crippen LogP contribution < -0.4 is 16.0 Å². The smallest absolute Gasteiger partial charge is 0.272 e. The van der Waals surface area contributed by atoms with Crippen molar-refractivity contribution in [3.8, 4) is 11.5 Å². The molecule has 49 heavy (non-hydrogen) atoms. The third-order valence-corrected chi connectivity index (χ3v) is 8.82. The maximum atomic E-state index is 14.5. The van der Waals surface area contributed by atoms with Gasteiger partial charge in [0.15, 0.2) is 5.58 Å². The average Bonchev–Trinajstić information content (AvgIpc) is 3.56. The number of aromatic nitrogens is 1. The Labute approximate surface area is 286 Å². The van der Waals surface area contributed by atoms with Crippen molar-refractivity contribution in [3.05, 3.63) is 150 Å². The molecule has 0 aliphatic rings. The number of anilines is 2. The lowest BCUT2D eigenvalue weighted by molar-refractivity contribution is -0.116. The lowest BCUT2D eigenvalue weighted by Crippen LogP contribution is -2.30. The summed E-state index contributed by atoms with van der Waals surface area (Å²) in [5.74, 6) is -1.36. The Kier molecular flexibility index (Phi) is 10.3. The van der Waals surface area contributed by atoms with Crippen molar-refractivity contribution < 1.29 is 23.2 Å². The molecule has 1 heterocycles. The largest absolute Gasteiger partial charge is 0.436 e. The van der Waals surface area contributed by atoms with Crippen molar-refractivity contribution in [3.63, 3.8) is 0 Å². The summed E-state index contributed by atoms with van der Waals surface area (Å²) < 4.78 is 20.4. The molecule has 0 spiro atoms. The van der Waals surface area contributed by atoms with Crippen molar-refractivity contribution in [2.45, 2.75) is 23.5 Å². The summed E-state index contributed by atoms with van der Waals surface area (Å²) in [6.45, 7) is 1.93. The highest BCUT2D eigenvalue weighted by atomic mass is 32.2. The first-order valence-electron chi connectivity index (χ1n) is 15.5. The van der Waals surface area contributed by atoms with Gasteiger partial charge in [0.25, 0.3) is 11.8 Å². The number of para-hydroxylation sites is 2. The van der Waals surface area contributed by atoms with Gasteiger partial charge in [-0.25, -0.2) is 9.37 Å². The quantitative estimate of drug-likeness (QED) is 0.0941. The molecule has 1 unspecified atom stereocenters. The summed E-state index contributed by atoms with van der Waals surface area (Å²) in [6.07, 6.45) is 1.84. The molecule has 0 saturated carbocycles. The van der Waals surface area contributed by atoms with Crippen LogP contribution in [0.1, 0.15) is 29.3 Å². The Morgan fingerprint density at radius 3 is 2.31 bits per heavy atom. The zero-order valence-corrected chi connectivity index (χ0v) is 27.2. The van der Waals surface area contributed by atoms with Crippen molar-refractivity contribution >= 4 is 58.0 Å². The molecule has 6 aromatic rings. The fourth-order valence-electron chi connectivity index (χ4n) is 4.94. The van der Waals surface area contributed by atoms with Crippen LogP contribution in [-0.4, -0.2) is 28.0 Å². The van der Waals surface area contributed by atoms with Gasteiger partial charge in [0.1, 0.15) is 17.0 Å². The van der Waals surface area contributed by atoms with Crippen LogP contribution in [0.15, 0.2) is 142 Å². The molecule has 5 aromatic carbocycles. The fraction of sp³-hybridized carbons (Fsp3) is 0.0769. The van der Waals surface area contributed by atoms with Crippen LogP contribution >= 0.6 is 11.8 Å². The first-order valence-corrected chi connectivity index (χ1v) is 16.4. The summed E-state index contributed by atoms with van der Waals surface area (Å²) in [7, 11) is 0. The zero-order valence-electron chi connectivity index (χ0n) is 26.4. The highest BCUT2D eigenvalue weighted by molar-refractivity contribution is 8.00. The number of hydrogen-bond acceptors (Lipinski definition) is 6. The number of amides is 3. The van der Waals surface area contributed by atoms with Gasteiger partial charge >= 0.3 is 0 Å². The maximum Gasteiger partial charge on any atom is 0.272 e. The Bertz CT molecular complexity index is 2120. The molecule has 0 aliphatic heterocycles. The van der Waals surface area contributed by atoms with Gasteiger partial charge in [0.2, 0.25) is 11.8 Å². The Balaban J connectivity index is 1.12. The van der Waals surface area contributed by atoms with E-state index in [9.17, 15) is 18.8 Å². The first kappa shape index (κ1) is 32.9. The van der Waals surface area contributed by atoms with Gasteiger partial charge in [0, 0.05) is 33.0 Å². The van der Waals surface area contributed by atoms with Crippen molar-refractivity contribution in [1.29, 1.82) is 0 Å². The van der Waals surface area contributed by atoms with Gasteiger partial charge in [-0.3, -0.25) is 14.4 Å². The number of carbonyl (C=O) groups is 3. The van der Waals surface area contributed by atoms with E-state index < -0.39 is 22.9 Å².